The van der Waals surface area contributed by atoms with Crippen LogP contribution in [0, 0.1) is 0 Å². The molecule has 4 rings (SSSR count). The fourth-order valence-electron chi connectivity index (χ4n) is 4.47. The average molecular weight is 463 g/mol. The molecular weight excluding hydrogens is 432 g/mol. The van der Waals surface area contributed by atoms with E-state index in [0.29, 0.717) is 22.7 Å². The van der Waals surface area contributed by atoms with Crippen LogP contribution in [0.5, 0.6) is 11.5 Å². The zero-order valence-electron chi connectivity index (χ0n) is 19.5. The van der Waals surface area contributed by atoms with Crippen molar-refractivity contribution in [1.82, 2.24) is 5.32 Å². The Kier molecular flexibility index (Phi) is 7.52. The number of ether oxygens (including phenoxy) is 2. The standard InChI is InChI=1S/C27H30N2O5/c1-32-21-13-8-10-19(18-21)25(26(30)28-20-11-4-3-5-12-20)29(27(31)24-16-9-17-34-24)22-14-6-7-15-23(22)33-2/h6-10,13-18,20,25H,3-5,11-12H2,1-2H3,(H,28,30)/t25-/m1/s1. The van der Waals surface area contributed by atoms with Gasteiger partial charge in [0.15, 0.2) is 5.76 Å². The molecule has 2 amide bonds. The van der Waals surface area contributed by atoms with E-state index in [-0.39, 0.29) is 17.7 Å². The lowest BCUT2D eigenvalue weighted by atomic mass is 9.94. The molecule has 0 radical (unpaired) electrons. The van der Waals surface area contributed by atoms with Crippen molar-refractivity contribution in [1.29, 1.82) is 0 Å². The van der Waals surface area contributed by atoms with Crippen molar-refractivity contribution in [3.05, 3.63) is 78.3 Å². The lowest BCUT2D eigenvalue weighted by Crippen LogP contribution is -2.47. The molecule has 7 heteroatoms. The Morgan fingerprint density at radius 1 is 0.971 bits per heavy atom. The van der Waals surface area contributed by atoms with Crippen LogP contribution in [0.1, 0.15) is 54.3 Å². The molecule has 1 heterocycles. The molecule has 1 atom stereocenters. The first-order chi connectivity index (χ1) is 16.6. The van der Waals surface area contributed by atoms with Crippen molar-refractivity contribution in [3.8, 4) is 11.5 Å². The van der Waals surface area contributed by atoms with Gasteiger partial charge in [-0.3, -0.25) is 14.5 Å². The fraction of sp³-hybridized carbons (Fsp3) is 0.333. The highest BCUT2D eigenvalue weighted by molar-refractivity contribution is 6.09. The monoisotopic (exact) mass is 462 g/mol. The third-order valence-electron chi connectivity index (χ3n) is 6.16. The normalized spacial score (nSPS) is 14.8. The van der Waals surface area contributed by atoms with Gasteiger partial charge in [-0.25, -0.2) is 0 Å². The summed E-state index contributed by atoms with van der Waals surface area (Å²) in [6.45, 7) is 0. The smallest absolute Gasteiger partial charge is 0.295 e. The lowest BCUT2D eigenvalue weighted by Gasteiger charge is -2.33. The maximum Gasteiger partial charge on any atom is 0.295 e. The molecule has 0 unspecified atom stereocenters. The van der Waals surface area contributed by atoms with Crippen LogP contribution in [0.4, 0.5) is 5.69 Å². The number of nitrogens with one attached hydrogen (secondary N) is 1. The fourth-order valence-corrected chi connectivity index (χ4v) is 4.47. The number of anilines is 1. The number of hydrogen-bond acceptors (Lipinski definition) is 5. The summed E-state index contributed by atoms with van der Waals surface area (Å²) >= 11 is 0. The highest BCUT2D eigenvalue weighted by atomic mass is 16.5. The molecule has 1 fully saturated rings. The van der Waals surface area contributed by atoms with Gasteiger partial charge in [-0.05, 0) is 54.8 Å². The first-order valence-electron chi connectivity index (χ1n) is 11.6. The van der Waals surface area contributed by atoms with Crippen LogP contribution in [0.15, 0.2) is 71.3 Å². The molecule has 3 aromatic rings. The van der Waals surface area contributed by atoms with Gasteiger partial charge in [0.05, 0.1) is 26.2 Å². The van der Waals surface area contributed by atoms with Gasteiger partial charge in [0, 0.05) is 6.04 Å². The highest BCUT2D eigenvalue weighted by Crippen LogP contribution is 2.37. The van der Waals surface area contributed by atoms with Gasteiger partial charge in [0.2, 0.25) is 5.91 Å². The number of carbonyl (C=O) groups excluding carboxylic acids is 2. The number of benzene rings is 2. The van der Waals surface area contributed by atoms with Crippen molar-refractivity contribution < 1.29 is 23.5 Å². The summed E-state index contributed by atoms with van der Waals surface area (Å²) in [4.78, 5) is 29.1. The quantitative estimate of drug-likeness (QED) is 0.502. The Morgan fingerprint density at radius 2 is 1.76 bits per heavy atom. The maximum atomic E-state index is 13.9. The van der Waals surface area contributed by atoms with Gasteiger partial charge in [-0.1, -0.05) is 43.5 Å². The van der Waals surface area contributed by atoms with E-state index in [1.54, 1.807) is 43.5 Å². The van der Waals surface area contributed by atoms with Gasteiger partial charge in [-0.15, -0.1) is 0 Å². The Balaban J connectivity index is 1.84. The Labute approximate surface area is 199 Å². The summed E-state index contributed by atoms with van der Waals surface area (Å²) in [6.07, 6.45) is 6.63. The van der Waals surface area contributed by atoms with Crippen LogP contribution in [0.25, 0.3) is 0 Å². The van der Waals surface area contributed by atoms with E-state index in [2.05, 4.69) is 5.32 Å². The van der Waals surface area contributed by atoms with Gasteiger partial charge in [0.25, 0.3) is 5.91 Å². The molecule has 34 heavy (non-hydrogen) atoms. The van der Waals surface area contributed by atoms with Crippen LogP contribution >= 0.6 is 0 Å². The second kappa shape index (κ2) is 10.9. The molecule has 2 aromatic carbocycles. The Hall–Kier alpha value is -3.74. The lowest BCUT2D eigenvalue weighted by molar-refractivity contribution is -0.123. The van der Waals surface area contributed by atoms with Gasteiger partial charge in [0.1, 0.15) is 17.5 Å². The number of methoxy groups -OCH3 is 2. The number of carbonyl (C=O) groups is 2. The second-order valence-electron chi connectivity index (χ2n) is 8.35. The molecule has 0 bridgehead atoms. The molecule has 0 spiro atoms. The van der Waals surface area contributed by atoms with Crippen LogP contribution in [-0.2, 0) is 4.79 Å². The van der Waals surface area contributed by atoms with Crippen molar-refractivity contribution in [2.75, 3.05) is 19.1 Å². The third kappa shape index (κ3) is 5.09. The van der Waals surface area contributed by atoms with E-state index in [0.717, 1.165) is 25.7 Å². The summed E-state index contributed by atoms with van der Waals surface area (Å²) in [7, 11) is 3.11. The van der Waals surface area contributed by atoms with Crippen molar-refractivity contribution in [2.45, 2.75) is 44.2 Å². The summed E-state index contributed by atoms with van der Waals surface area (Å²) in [5.74, 6) is 0.496. The molecule has 7 nitrogen and oxygen atoms in total. The number of amides is 2. The minimum absolute atomic E-state index is 0.0765. The Morgan fingerprint density at radius 3 is 2.47 bits per heavy atom. The number of hydrogen-bond donors (Lipinski definition) is 1. The summed E-state index contributed by atoms with van der Waals surface area (Å²) in [5.41, 5.74) is 1.09. The van der Waals surface area contributed by atoms with Gasteiger partial charge >= 0.3 is 0 Å². The second-order valence-corrected chi connectivity index (χ2v) is 8.35. The molecule has 1 saturated carbocycles. The van der Waals surface area contributed by atoms with E-state index in [4.69, 9.17) is 13.9 Å². The first kappa shape index (κ1) is 23.4. The van der Waals surface area contributed by atoms with E-state index in [9.17, 15) is 9.59 Å². The minimum atomic E-state index is -0.967. The van der Waals surface area contributed by atoms with Crippen LogP contribution in [0.3, 0.4) is 0 Å². The molecule has 0 aliphatic heterocycles. The van der Waals surface area contributed by atoms with E-state index >= 15 is 0 Å². The summed E-state index contributed by atoms with van der Waals surface area (Å²) in [5, 5.41) is 3.20. The van der Waals surface area contributed by atoms with Crippen LogP contribution < -0.4 is 19.7 Å². The molecule has 0 saturated heterocycles. The SMILES string of the molecule is COc1cccc([C@H](C(=O)NC2CCCCC2)N(C(=O)c2ccco2)c2ccccc2OC)c1. The molecule has 178 valence electrons. The zero-order valence-corrected chi connectivity index (χ0v) is 19.5. The van der Waals surface area contributed by atoms with Crippen LogP contribution in [0.2, 0.25) is 0 Å². The van der Waals surface area contributed by atoms with Crippen molar-refractivity contribution in [2.24, 2.45) is 0 Å². The predicted molar refractivity (Wildman–Crippen MR) is 129 cm³/mol. The molecule has 1 aliphatic rings. The molecular formula is C27H30N2O5. The third-order valence-corrected chi connectivity index (χ3v) is 6.16. The van der Waals surface area contributed by atoms with E-state index in [1.165, 1.54) is 24.7 Å². The Bertz CT molecular complexity index is 1110. The van der Waals surface area contributed by atoms with Crippen LogP contribution in [-0.4, -0.2) is 32.1 Å². The zero-order chi connectivity index (χ0) is 23.9. The van der Waals surface area contributed by atoms with Gasteiger partial charge < -0.3 is 19.2 Å². The maximum absolute atomic E-state index is 13.9. The minimum Gasteiger partial charge on any atom is -0.497 e. The van der Waals surface area contributed by atoms with Crippen molar-refractivity contribution >= 4 is 17.5 Å². The predicted octanol–water partition coefficient (Wildman–Crippen LogP) is 5.13. The molecule has 1 aromatic heterocycles. The summed E-state index contributed by atoms with van der Waals surface area (Å²) < 4.78 is 16.4. The number of para-hydroxylation sites is 2. The number of nitrogens with zero attached hydrogens (tertiary/aromatic N) is 1. The van der Waals surface area contributed by atoms with Crippen molar-refractivity contribution in [3.63, 3.8) is 0 Å². The summed E-state index contributed by atoms with van der Waals surface area (Å²) in [6, 6.07) is 16.7. The van der Waals surface area contributed by atoms with E-state index in [1.807, 2.05) is 24.3 Å². The average Bonchev–Trinajstić information content (AvgIpc) is 3.42. The molecule has 1 aliphatic carbocycles. The number of rotatable bonds is 8. The largest absolute Gasteiger partial charge is 0.497 e. The van der Waals surface area contributed by atoms with Gasteiger partial charge in [-0.2, -0.15) is 0 Å². The number of furan rings is 1. The van der Waals surface area contributed by atoms with E-state index < -0.39 is 11.9 Å². The molecule has 1 N–H and O–H groups in total. The highest BCUT2D eigenvalue weighted by Gasteiger charge is 2.37. The first-order valence-corrected chi connectivity index (χ1v) is 11.6. The topological polar surface area (TPSA) is 81.0 Å².